The molecule has 1 aromatic rings. The van der Waals surface area contributed by atoms with Crippen molar-refractivity contribution in [2.75, 3.05) is 13.3 Å². The summed E-state index contributed by atoms with van der Waals surface area (Å²) in [7, 11) is 0. The van der Waals surface area contributed by atoms with Crippen molar-refractivity contribution in [2.45, 2.75) is 24.6 Å². The van der Waals surface area contributed by atoms with E-state index >= 15 is 0 Å². The fourth-order valence-corrected chi connectivity index (χ4v) is 1.90. The minimum Gasteiger partial charge on any atom is -0.481 e. The molecule has 18 heavy (non-hydrogen) atoms. The Kier molecular flexibility index (Phi) is 3.21. The standard InChI is InChI=1S/C12H11F5O/c13-6-11(7-14)4-3-8-1-2-9(12(15,16)17)5-10(8)18-11/h1-2,5H,3-4,6-7H2. The van der Waals surface area contributed by atoms with Crippen LogP contribution in [0.1, 0.15) is 17.5 Å². The Balaban J connectivity index is 2.36. The van der Waals surface area contributed by atoms with Crippen molar-refractivity contribution < 1.29 is 26.7 Å². The van der Waals surface area contributed by atoms with Crippen LogP contribution in [0.2, 0.25) is 0 Å². The minimum atomic E-state index is -4.50. The molecule has 1 heterocycles. The number of aryl methyl sites for hydroxylation is 1. The zero-order valence-electron chi connectivity index (χ0n) is 9.36. The summed E-state index contributed by atoms with van der Waals surface area (Å²) in [6.07, 6.45) is -4.07. The molecule has 0 saturated heterocycles. The highest BCUT2D eigenvalue weighted by Gasteiger charge is 2.38. The lowest BCUT2D eigenvalue weighted by atomic mass is 9.92. The van der Waals surface area contributed by atoms with Crippen LogP contribution in [-0.2, 0) is 12.6 Å². The second-order valence-electron chi connectivity index (χ2n) is 4.37. The minimum absolute atomic E-state index is 0.0774. The lowest BCUT2D eigenvalue weighted by Crippen LogP contribution is -2.44. The summed E-state index contributed by atoms with van der Waals surface area (Å²) in [5, 5.41) is 0. The second kappa shape index (κ2) is 4.40. The summed E-state index contributed by atoms with van der Waals surface area (Å²) in [4.78, 5) is 0. The first kappa shape index (κ1) is 13.1. The highest BCUT2D eigenvalue weighted by atomic mass is 19.4. The van der Waals surface area contributed by atoms with Crippen molar-refractivity contribution in [3.8, 4) is 5.75 Å². The molecule has 0 amide bonds. The Labute approximate surface area is 101 Å². The maximum atomic E-state index is 12.8. The van der Waals surface area contributed by atoms with E-state index in [0.717, 1.165) is 12.1 Å². The topological polar surface area (TPSA) is 9.23 Å². The molecule has 0 radical (unpaired) electrons. The van der Waals surface area contributed by atoms with E-state index in [-0.39, 0.29) is 12.2 Å². The van der Waals surface area contributed by atoms with Gasteiger partial charge in [-0.15, -0.1) is 0 Å². The van der Waals surface area contributed by atoms with E-state index in [9.17, 15) is 22.0 Å². The smallest absolute Gasteiger partial charge is 0.416 e. The van der Waals surface area contributed by atoms with Crippen LogP contribution in [0, 0.1) is 0 Å². The van der Waals surface area contributed by atoms with Crippen LogP contribution in [0.5, 0.6) is 5.75 Å². The third kappa shape index (κ3) is 2.28. The summed E-state index contributed by atoms with van der Waals surface area (Å²) < 4.78 is 68.2. The fraction of sp³-hybridized carbons (Fsp3) is 0.500. The van der Waals surface area contributed by atoms with Gasteiger partial charge >= 0.3 is 6.18 Å². The van der Waals surface area contributed by atoms with Gasteiger partial charge in [-0.1, -0.05) is 6.07 Å². The first-order chi connectivity index (χ1) is 8.40. The zero-order valence-corrected chi connectivity index (χ0v) is 9.36. The Morgan fingerprint density at radius 2 is 1.83 bits per heavy atom. The number of hydrogen-bond acceptors (Lipinski definition) is 1. The molecule has 1 aliphatic rings. The number of halogens is 5. The summed E-state index contributed by atoms with van der Waals surface area (Å²) in [5.41, 5.74) is -1.97. The molecule has 1 aromatic carbocycles. The van der Waals surface area contributed by atoms with E-state index in [1.54, 1.807) is 0 Å². The van der Waals surface area contributed by atoms with Crippen molar-refractivity contribution in [1.82, 2.24) is 0 Å². The van der Waals surface area contributed by atoms with Gasteiger partial charge in [-0.05, 0) is 30.5 Å². The number of ether oxygens (including phenoxy) is 1. The molecule has 0 spiro atoms. The molecule has 100 valence electrons. The Morgan fingerprint density at radius 1 is 1.17 bits per heavy atom. The van der Waals surface area contributed by atoms with E-state index in [1.165, 1.54) is 6.07 Å². The molecule has 1 nitrogen and oxygen atoms in total. The number of hydrogen-bond donors (Lipinski definition) is 0. The van der Waals surface area contributed by atoms with Crippen molar-refractivity contribution in [2.24, 2.45) is 0 Å². The Hall–Kier alpha value is -1.33. The Morgan fingerprint density at radius 3 is 2.39 bits per heavy atom. The monoisotopic (exact) mass is 266 g/mol. The lowest BCUT2D eigenvalue weighted by Gasteiger charge is -2.34. The quantitative estimate of drug-likeness (QED) is 0.741. The predicted molar refractivity (Wildman–Crippen MR) is 55.1 cm³/mol. The fourth-order valence-electron chi connectivity index (χ4n) is 1.90. The molecule has 0 aliphatic carbocycles. The van der Waals surface area contributed by atoms with Crippen LogP contribution in [0.3, 0.4) is 0 Å². The van der Waals surface area contributed by atoms with Crippen LogP contribution in [0.25, 0.3) is 0 Å². The van der Waals surface area contributed by atoms with Crippen molar-refractivity contribution in [1.29, 1.82) is 0 Å². The van der Waals surface area contributed by atoms with Gasteiger partial charge < -0.3 is 4.74 Å². The van der Waals surface area contributed by atoms with Crippen molar-refractivity contribution in [3.05, 3.63) is 29.3 Å². The average Bonchev–Trinajstić information content (AvgIpc) is 2.36. The average molecular weight is 266 g/mol. The molecular weight excluding hydrogens is 255 g/mol. The lowest BCUT2D eigenvalue weighted by molar-refractivity contribution is -0.137. The molecule has 0 fully saturated rings. The van der Waals surface area contributed by atoms with E-state index in [2.05, 4.69) is 0 Å². The number of rotatable bonds is 2. The Bertz CT molecular complexity index is 437. The van der Waals surface area contributed by atoms with Crippen molar-refractivity contribution in [3.63, 3.8) is 0 Å². The number of alkyl halides is 5. The van der Waals surface area contributed by atoms with E-state index in [4.69, 9.17) is 4.74 Å². The van der Waals surface area contributed by atoms with Gasteiger partial charge in [0.25, 0.3) is 0 Å². The van der Waals surface area contributed by atoms with Crippen LogP contribution >= 0.6 is 0 Å². The highest BCUT2D eigenvalue weighted by Crippen LogP contribution is 2.38. The van der Waals surface area contributed by atoms with Gasteiger partial charge in [-0.2, -0.15) is 13.2 Å². The number of benzene rings is 1. The summed E-state index contributed by atoms with van der Waals surface area (Å²) in [6, 6.07) is 3.03. The summed E-state index contributed by atoms with van der Waals surface area (Å²) in [5.74, 6) is -0.0774. The van der Waals surface area contributed by atoms with Crippen LogP contribution in [0.15, 0.2) is 18.2 Å². The molecule has 0 aromatic heterocycles. The third-order valence-electron chi connectivity index (χ3n) is 3.06. The third-order valence-corrected chi connectivity index (χ3v) is 3.06. The molecule has 0 atom stereocenters. The van der Waals surface area contributed by atoms with Gasteiger partial charge in [0.1, 0.15) is 19.1 Å². The normalized spacial score (nSPS) is 18.1. The summed E-state index contributed by atoms with van der Waals surface area (Å²) >= 11 is 0. The SMILES string of the molecule is FCC1(CF)CCc2ccc(C(F)(F)F)cc2O1. The van der Waals surface area contributed by atoms with E-state index < -0.39 is 30.7 Å². The van der Waals surface area contributed by atoms with Crippen molar-refractivity contribution >= 4 is 0 Å². The van der Waals surface area contributed by atoms with Crippen LogP contribution < -0.4 is 4.74 Å². The van der Waals surface area contributed by atoms with Gasteiger partial charge in [-0.25, -0.2) is 8.78 Å². The van der Waals surface area contributed by atoms with Gasteiger partial charge in [0.15, 0.2) is 5.60 Å². The molecular formula is C12H11F5O. The molecule has 0 unspecified atom stereocenters. The first-order valence-electron chi connectivity index (χ1n) is 5.41. The molecule has 0 saturated carbocycles. The number of fused-ring (bicyclic) bond motifs is 1. The molecule has 0 bridgehead atoms. The van der Waals surface area contributed by atoms with Gasteiger partial charge in [0.2, 0.25) is 0 Å². The van der Waals surface area contributed by atoms with E-state index in [1.807, 2.05) is 0 Å². The molecule has 2 rings (SSSR count). The molecule has 1 aliphatic heterocycles. The predicted octanol–water partition coefficient (Wildman–Crippen LogP) is 3.71. The molecule has 6 heteroatoms. The van der Waals surface area contributed by atoms with Gasteiger partial charge in [0, 0.05) is 0 Å². The molecule has 0 N–H and O–H groups in total. The maximum Gasteiger partial charge on any atom is 0.416 e. The van der Waals surface area contributed by atoms with Crippen LogP contribution in [-0.4, -0.2) is 19.0 Å². The largest absolute Gasteiger partial charge is 0.481 e. The first-order valence-corrected chi connectivity index (χ1v) is 5.41. The maximum absolute atomic E-state index is 12.8. The second-order valence-corrected chi connectivity index (χ2v) is 4.37. The van der Waals surface area contributed by atoms with Gasteiger partial charge in [-0.3, -0.25) is 0 Å². The van der Waals surface area contributed by atoms with E-state index in [0.29, 0.717) is 12.0 Å². The summed E-state index contributed by atoms with van der Waals surface area (Å²) in [6.45, 7) is -2.11. The zero-order chi connectivity index (χ0) is 13.4. The highest BCUT2D eigenvalue weighted by molar-refractivity contribution is 5.41. The van der Waals surface area contributed by atoms with Crippen LogP contribution in [0.4, 0.5) is 22.0 Å². The van der Waals surface area contributed by atoms with Gasteiger partial charge in [0.05, 0.1) is 5.56 Å².